The first-order chi connectivity index (χ1) is 11.8. The molecule has 0 saturated carbocycles. The highest BCUT2D eigenvalue weighted by Crippen LogP contribution is 2.16. The smallest absolute Gasteiger partial charge is 0.266 e. The molecule has 0 aliphatic heterocycles. The van der Waals surface area contributed by atoms with Crippen LogP contribution in [-0.4, -0.2) is 9.55 Å². The van der Waals surface area contributed by atoms with Crippen LogP contribution in [0.3, 0.4) is 0 Å². The highest BCUT2D eigenvalue weighted by molar-refractivity contribution is 7.10. The maximum Gasteiger partial charge on any atom is 0.266 e. The van der Waals surface area contributed by atoms with Crippen LogP contribution in [0.4, 0.5) is 0 Å². The van der Waals surface area contributed by atoms with Crippen molar-refractivity contribution in [2.75, 3.05) is 0 Å². The van der Waals surface area contributed by atoms with E-state index in [1.165, 1.54) is 0 Å². The summed E-state index contributed by atoms with van der Waals surface area (Å²) in [4.78, 5) is 18.8. The van der Waals surface area contributed by atoms with Gasteiger partial charge in [-0.25, -0.2) is 4.98 Å². The molecule has 4 aromatic rings. The van der Waals surface area contributed by atoms with Crippen molar-refractivity contribution in [1.82, 2.24) is 9.55 Å². The van der Waals surface area contributed by atoms with E-state index in [-0.39, 0.29) is 5.56 Å². The van der Waals surface area contributed by atoms with E-state index >= 15 is 0 Å². The third-order valence-electron chi connectivity index (χ3n) is 3.76. The summed E-state index contributed by atoms with van der Waals surface area (Å²) < 4.78 is 1.66. The van der Waals surface area contributed by atoms with Crippen LogP contribution >= 0.6 is 11.3 Å². The Morgan fingerprint density at radius 2 is 1.67 bits per heavy atom. The summed E-state index contributed by atoms with van der Waals surface area (Å²) in [7, 11) is 0. The average molecular weight is 330 g/mol. The number of hydrogen-bond acceptors (Lipinski definition) is 3. The molecule has 0 fully saturated rings. The molecule has 24 heavy (non-hydrogen) atoms. The molecule has 0 saturated heterocycles. The topological polar surface area (TPSA) is 34.9 Å². The fourth-order valence-corrected chi connectivity index (χ4v) is 3.25. The van der Waals surface area contributed by atoms with Crippen LogP contribution < -0.4 is 5.56 Å². The van der Waals surface area contributed by atoms with Crippen molar-refractivity contribution in [3.63, 3.8) is 0 Å². The van der Waals surface area contributed by atoms with Gasteiger partial charge in [0, 0.05) is 4.88 Å². The van der Waals surface area contributed by atoms with Crippen molar-refractivity contribution >= 4 is 34.4 Å². The van der Waals surface area contributed by atoms with Gasteiger partial charge in [-0.2, -0.15) is 0 Å². The summed E-state index contributed by atoms with van der Waals surface area (Å²) in [6.07, 6.45) is 3.88. The standard InChI is InChI=1S/C20H14N2OS/c23-20-17-10-4-5-11-18(17)21-19(13-12-16-9-6-14-24-16)22(20)15-7-2-1-3-8-15/h1-14H/b13-12+. The molecule has 0 spiro atoms. The van der Waals surface area contributed by atoms with Gasteiger partial charge in [-0.1, -0.05) is 36.4 Å². The first-order valence-electron chi connectivity index (χ1n) is 7.62. The lowest BCUT2D eigenvalue weighted by Gasteiger charge is -2.11. The van der Waals surface area contributed by atoms with Gasteiger partial charge < -0.3 is 0 Å². The van der Waals surface area contributed by atoms with E-state index in [2.05, 4.69) is 0 Å². The molecule has 116 valence electrons. The van der Waals surface area contributed by atoms with Crippen molar-refractivity contribution in [3.05, 3.63) is 93.2 Å². The number of nitrogens with zero attached hydrogens (tertiary/aromatic N) is 2. The highest BCUT2D eigenvalue weighted by Gasteiger charge is 2.10. The van der Waals surface area contributed by atoms with Crippen LogP contribution in [-0.2, 0) is 0 Å². The minimum absolute atomic E-state index is 0.0578. The molecule has 0 bridgehead atoms. The van der Waals surface area contributed by atoms with E-state index < -0.39 is 0 Å². The number of hydrogen-bond donors (Lipinski definition) is 0. The molecular weight excluding hydrogens is 316 g/mol. The normalized spacial score (nSPS) is 11.3. The van der Waals surface area contributed by atoms with Crippen molar-refractivity contribution in [3.8, 4) is 5.69 Å². The van der Waals surface area contributed by atoms with E-state index in [1.807, 2.05) is 84.3 Å². The van der Waals surface area contributed by atoms with Gasteiger partial charge in [-0.05, 0) is 47.9 Å². The molecule has 2 aromatic carbocycles. The zero-order valence-corrected chi connectivity index (χ0v) is 13.6. The monoisotopic (exact) mass is 330 g/mol. The van der Waals surface area contributed by atoms with Crippen LogP contribution in [0.15, 0.2) is 76.9 Å². The second kappa shape index (κ2) is 6.26. The second-order valence-corrected chi connectivity index (χ2v) is 6.29. The maximum atomic E-state index is 13.0. The van der Waals surface area contributed by atoms with Gasteiger partial charge >= 0.3 is 0 Å². The summed E-state index contributed by atoms with van der Waals surface area (Å²) in [6.45, 7) is 0. The lowest BCUT2D eigenvalue weighted by Crippen LogP contribution is -2.22. The Kier molecular flexibility index (Phi) is 3.81. The molecule has 0 aliphatic carbocycles. The summed E-state index contributed by atoms with van der Waals surface area (Å²) in [5.41, 5.74) is 1.46. The number of aromatic nitrogens is 2. The van der Waals surface area contributed by atoms with E-state index in [1.54, 1.807) is 15.9 Å². The van der Waals surface area contributed by atoms with Crippen molar-refractivity contribution in [2.45, 2.75) is 0 Å². The summed E-state index contributed by atoms with van der Waals surface area (Å²) in [6, 6.07) is 21.1. The first-order valence-corrected chi connectivity index (χ1v) is 8.50. The summed E-state index contributed by atoms with van der Waals surface area (Å²) in [5, 5.41) is 2.65. The molecule has 4 rings (SSSR count). The minimum atomic E-state index is -0.0578. The molecule has 0 radical (unpaired) electrons. The highest BCUT2D eigenvalue weighted by atomic mass is 32.1. The molecule has 2 aromatic heterocycles. The Morgan fingerprint density at radius 1 is 0.875 bits per heavy atom. The van der Waals surface area contributed by atoms with Gasteiger partial charge in [0.05, 0.1) is 16.6 Å². The van der Waals surface area contributed by atoms with Crippen LogP contribution in [0.1, 0.15) is 10.7 Å². The fourth-order valence-electron chi connectivity index (χ4n) is 2.63. The predicted octanol–water partition coefficient (Wildman–Crippen LogP) is 4.62. The van der Waals surface area contributed by atoms with Gasteiger partial charge in [0.1, 0.15) is 5.82 Å². The second-order valence-electron chi connectivity index (χ2n) is 5.31. The number of benzene rings is 2. The predicted molar refractivity (Wildman–Crippen MR) is 101 cm³/mol. The minimum Gasteiger partial charge on any atom is -0.268 e. The van der Waals surface area contributed by atoms with Crippen LogP contribution in [0.5, 0.6) is 0 Å². The molecule has 4 heteroatoms. The molecule has 3 nitrogen and oxygen atoms in total. The lowest BCUT2D eigenvalue weighted by atomic mass is 10.2. The van der Waals surface area contributed by atoms with E-state index in [0.29, 0.717) is 16.7 Å². The number of fused-ring (bicyclic) bond motifs is 1. The molecule has 0 amide bonds. The van der Waals surface area contributed by atoms with Gasteiger partial charge in [0.25, 0.3) is 5.56 Å². The van der Waals surface area contributed by atoms with Crippen molar-refractivity contribution in [1.29, 1.82) is 0 Å². The Morgan fingerprint density at radius 3 is 2.46 bits per heavy atom. The number of thiophene rings is 1. The van der Waals surface area contributed by atoms with Crippen LogP contribution in [0.2, 0.25) is 0 Å². The number of para-hydroxylation sites is 2. The Labute approximate surface area is 143 Å². The third-order valence-corrected chi connectivity index (χ3v) is 4.59. The zero-order valence-electron chi connectivity index (χ0n) is 12.8. The summed E-state index contributed by atoms with van der Waals surface area (Å²) >= 11 is 1.65. The van der Waals surface area contributed by atoms with Gasteiger partial charge in [0.2, 0.25) is 0 Å². The van der Waals surface area contributed by atoms with Gasteiger partial charge in [-0.15, -0.1) is 11.3 Å². The Balaban J connectivity index is 1.98. The molecule has 0 aliphatic rings. The third kappa shape index (κ3) is 2.68. The fraction of sp³-hybridized carbons (Fsp3) is 0. The largest absolute Gasteiger partial charge is 0.268 e. The lowest BCUT2D eigenvalue weighted by molar-refractivity contribution is 0.944. The average Bonchev–Trinajstić information content (AvgIpc) is 3.14. The number of rotatable bonds is 3. The molecule has 2 heterocycles. The van der Waals surface area contributed by atoms with Crippen molar-refractivity contribution in [2.24, 2.45) is 0 Å². The van der Waals surface area contributed by atoms with Gasteiger partial charge in [-0.3, -0.25) is 9.36 Å². The Hall–Kier alpha value is -2.98. The molecule has 0 atom stereocenters. The van der Waals surface area contributed by atoms with Gasteiger partial charge in [0.15, 0.2) is 0 Å². The maximum absolute atomic E-state index is 13.0. The Bertz CT molecular complexity index is 1060. The van der Waals surface area contributed by atoms with Crippen molar-refractivity contribution < 1.29 is 0 Å². The summed E-state index contributed by atoms with van der Waals surface area (Å²) in [5.74, 6) is 0.623. The SMILES string of the molecule is O=c1c2ccccc2nc(/C=C/c2cccs2)n1-c1ccccc1. The molecule has 0 N–H and O–H groups in total. The van der Waals surface area contributed by atoms with E-state index in [0.717, 1.165) is 10.6 Å². The quantitative estimate of drug-likeness (QED) is 0.549. The zero-order chi connectivity index (χ0) is 16.4. The van der Waals surface area contributed by atoms with E-state index in [9.17, 15) is 4.79 Å². The van der Waals surface area contributed by atoms with E-state index in [4.69, 9.17) is 4.98 Å². The van der Waals surface area contributed by atoms with Crippen LogP contribution in [0, 0.1) is 0 Å². The molecular formula is C20H14N2OS. The van der Waals surface area contributed by atoms with Crippen LogP contribution in [0.25, 0.3) is 28.7 Å². The molecule has 0 unspecified atom stereocenters. The first kappa shape index (κ1) is 14.6.